The van der Waals surface area contributed by atoms with E-state index in [4.69, 9.17) is 20.6 Å². The number of carbonyl (C=O) groups is 1. The molecular weight excluding hydrogens is 398 g/mol. The van der Waals surface area contributed by atoms with Crippen molar-refractivity contribution in [2.75, 3.05) is 13.7 Å². The first-order valence-corrected chi connectivity index (χ1v) is 8.43. The molecule has 0 spiro atoms. The van der Waals surface area contributed by atoms with Gasteiger partial charge < -0.3 is 14.2 Å². The SMILES string of the molecule is C#CCOc1c(/C=C2/N=C(c3ccccc3)OC2=O)cc(Br)cc1OC. The highest BCUT2D eigenvalue weighted by Gasteiger charge is 2.25. The Morgan fingerprint density at radius 1 is 1.31 bits per heavy atom. The Labute approximate surface area is 159 Å². The first kappa shape index (κ1) is 17.8. The lowest BCUT2D eigenvalue weighted by Crippen LogP contribution is -2.05. The molecule has 0 bridgehead atoms. The van der Waals surface area contributed by atoms with Crippen LogP contribution < -0.4 is 9.47 Å². The van der Waals surface area contributed by atoms with Crippen LogP contribution in [0.25, 0.3) is 6.08 Å². The second-order valence-corrected chi connectivity index (χ2v) is 6.14. The minimum atomic E-state index is -0.536. The van der Waals surface area contributed by atoms with Crippen LogP contribution in [0.5, 0.6) is 11.5 Å². The molecule has 26 heavy (non-hydrogen) atoms. The number of aliphatic imine (C=N–C) groups is 1. The van der Waals surface area contributed by atoms with Gasteiger partial charge in [0.25, 0.3) is 0 Å². The standard InChI is InChI=1S/C20H14BrNO4/c1-3-9-25-18-14(10-15(21)12-17(18)24-2)11-16-20(23)26-19(22-16)13-7-5-4-6-8-13/h1,4-8,10-12H,9H2,2H3/b16-11+. The van der Waals surface area contributed by atoms with Crippen molar-refractivity contribution in [3.05, 3.63) is 63.8 Å². The number of carbonyl (C=O) groups excluding carboxylic acids is 1. The van der Waals surface area contributed by atoms with Crippen LogP contribution in [0.3, 0.4) is 0 Å². The van der Waals surface area contributed by atoms with Gasteiger partial charge in [0, 0.05) is 15.6 Å². The summed E-state index contributed by atoms with van der Waals surface area (Å²) in [6.45, 7) is 0.0666. The van der Waals surface area contributed by atoms with E-state index in [-0.39, 0.29) is 18.2 Å². The number of methoxy groups -OCH3 is 1. The molecular formula is C20H14BrNO4. The lowest BCUT2D eigenvalue weighted by Gasteiger charge is -2.12. The van der Waals surface area contributed by atoms with Crippen LogP contribution in [-0.4, -0.2) is 25.6 Å². The maximum atomic E-state index is 12.2. The zero-order valence-corrected chi connectivity index (χ0v) is 15.4. The Kier molecular flexibility index (Phi) is 5.40. The topological polar surface area (TPSA) is 57.1 Å². The fraction of sp³-hybridized carbons (Fsp3) is 0.100. The van der Waals surface area contributed by atoms with Gasteiger partial charge in [0.2, 0.25) is 5.90 Å². The number of halogens is 1. The zero-order chi connectivity index (χ0) is 18.5. The number of esters is 1. The Balaban J connectivity index is 2.04. The van der Waals surface area contributed by atoms with Gasteiger partial charge in [-0.25, -0.2) is 9.79 Å². The van der Waals surface area contributed by atoms with Crippen molar-refractivity contribution in [3.8, 4) is 23.8 Å². The van der Waals surface area contributed by atoms with Gasteiger partial charge in [0.15, 0.2) is 17.2 Å². The normalized spacial score (nSPS) is 14.6. The summed E-state index contributed by atoms with van der Waals surface area (Å²) in [6, 6.07) is 12.7. The summed E-state index contributed by atoms with van der Waals surface area (Å²) >= 11 is 3.41. The number of benzene rings is 2. The number of nitrogens with zero attached hydrogens (tertiary/aromatic N) is 1. The quantitative estimate of drug-likeness (QED) is 0.426. The van der Waals surface area contributed by atoms with Crippen LogP contribution in [-0.2, 0) is 9.53 Å². The largest absolute Gasteiger partial charge is 0.493 e. The molecule has 0 unspecified atom stereocenters. The molecule has 1 aliphatic rings. The lowest BCUT2D eigenvalue weighted by molar-refractivity contribution is -0.129. The zero-order valence-electron chi connectivity index (χ0n) is 13.9. The molecule has 0 saturated carbocycles. The molecule has 130 valence electrons. The van der Waals surface area contributed by atoms with Gasteiger partial charge in [-0.15, -0.1) is 6.42 Å². The summed E-state index contributed by atoms with van der Waals surface area (Å²) in [6.07, 6.45) is 6.86. The Hall–Kier alpha value is -3.04. The highest BCUT2D eigenvalue weighted by molar-refractivity contribution is 9.10. The molecule has 2 aromatic carbocycles. The highest BCUT2D eigenvalue weighted by atomic mass is 79.9. The smallest absolute Gasteiger partial charge is 0.363 e. The second-order valence-electron chi connectivity index (χ2n) is 5.22. The van der Waals surface area contributed by atoms with Gasteiger partial charge in [-0.1, -0.05) is 40.0 Å². The molecule has 0 atom stereocenters. The molecule has 0 aromatic heterocycles. The Morgan fingerprint density at radius 3 is 2.77 bits per heavy atom. The predicted octanol–water partition coefficient (Wildman–Crippen LogP) is 3.81. The predicted molar refractivity (Wildman–Crippen MR) is 102 cm³/mol. The monoisotopic (exact) mass is 411 g/mol. The van der Waals surface area contributed by atoms with E-state index in [0.29, 0.717) is 17.1 Å². The van der Waals surface area contributed by atoms with Crippen molar-refractivity contribution in [2.45, 2.75) is 0 Å². The Morgan fingerprint density at radius 2 is 2.08 bits per heavy atom. The van der Waals surface area contributed by atoms with Gasteiger partial charge in [-0.3, -0.25) is 0 Å². The van der Waals surface area contributed by atoms with Crippen molar-refractivity contribution < 1.29 is 19.0 Å². The van der Waals surface area contributed by atoms with Gasteiger partial charge in [-0.2, -0.15) is 0 Å². The van der Waals surface area contributed by atoms with Crippen LogP contribution in [0.1, 0.15) is 11.1 Å². The van der Waals surface area contributed by atoms with Crippen molar-refractivity contribution in [1.82, 2.24) is 0 Å². The summed E-state index contributed by atoms with van der Waals surface area (Å²) in [5.41, 5.74) is 1.48. The minimum Gasteiger partial charge on any atom is -0.493 e. The molecule has 0 N–H and O–H groups in total. The van der Waals surface area contributed by atoms with Gasteiger partial charge in [0.1, 0.15) is 6.61 Å². The number of terminal acetylenes is 1. The third-order valence-electron chi connectivity index (χ3n) is 3.50. The van der Waals surface area contributed by atoms with Crippen LogP contribution in [0, 0.1) is 12.3 Å². The molecule has 6 heteroatoms. The Bertz CT molecular complexity index is 942. The average Bonchev–Trinajstić information content (AvgIpc) is 3.02. The number of ether oxygens (including phenoxy) is 3. The maximum Gasteiger partial charge on any atom is 0.363 e. The molecule has 1 aliphatic heterocycles. The number of hydrogen-bond donors (Lipinski definition) is 0. The summed E-state index contributed by atoms with van der Waals surface area (Å²) in [4.78, 5) is 16.5. The van der Waals surface area contributed by atoms with E-state index < -0.39 is 5.97 Å². The summed E-state index contributed by atoms with van der Waals surface area (Å²) in [7, 11) is 1.52. The molecule has 0 radical (unpaired) electrons. The lowest BCUT2D eigenvalue weighted by atomic mass is 10.1. The first-order valence-electron chi connectivity index (χ1n) is 7.64. The van der Waals surface area contributed by atoms with E-state index in [1.165, 1.54) is 7.11 Å². The summed E-state index contributed by atoms with van der Waals surface area (Å²) in [5.74, 6) is 3.05. The van der Waals surface area contributed by atoms with Crippen LogP contribution in [0.15, 0.2) is 57.6 Å². The van der Waals surface area contributed by atoms with Crippen molar-refractivity contribution in [1.29, 1.82) is 0 Å². The summed E-state index contributed by atoms with van der Waals surface area (Å²) in [5, 5.41) is 0. The molecule has 0 aliphatic carbocycles. The number of hydrogen-bond acceptors (Lipinski definition) is 5. The average molecular weight is 412 g/mol. The van der Waals surface area contributed by atoms with Crippen molar-refractivity contribution in [3.63, 3.8) is 0 Å². The molecule has 3 rings (SSSR count). The molecule has 1 heterocycles. The third kappa shape index (κ3) is 3.79. The maximum absolute atomic E-state index is 12.2. The fourth-order valence-corrected chi connectivity index (χ4v) is 2.83. The van der Waals surface area contributed by atoms with E-state index in [1.807, 2.05) is 30.3 Å². The highest BCUT2D eigenvalue weighted by Crippen LogP contribution is 2.36. The molecule has 5 nitrogen and oxygen atoms in total. The van der Waals surface area contributed by atoms with Crippen molar-refractivity contribution >= 4 is 33.9 Å². The molecule has 0 amide bonds. The molecule has 0 fully saturated rings. The second kappa shape index (κ2) is 7.89. The van der Waals surface area contributed by atoms with Crippen LogP contribution in [0.4, 0.5) is 0 Å². The first-order chi connectivity index (χ1) is 12.6. The van der Waals surface area contributed by atoms with E-state index in [9.17, 15) is 4.79 Å². The fourth-order valence-electron chi connectivity index (χ4n) is 2.38. The van der Waals surface area contributed by atoms with E-state index in [1.54, 1.807) is 18.2 Å². The van der Waals surface area contributed by atoms with Crippen LogP contribution in [0.2, 0.25) is 0 Å². The summed E-state index contributed by atoms with van der Waals surface area (Å²) < 4.78 is 17.0. The van der Waals surface area contributed by atoms with Crippen molar-refractivity contribution in [2.24, 2.45) is 4.99 Å². The molecule has 0 saturated heterocycles. The van der Waals surface area contributed by atoms with Gasteiger partial charge in [0.05, 0.1) is 7.11 Å². The molecule has 2 aromatic rings. The van der Waals surface area contributed by atoms with E-state index in [2.05, 4.69) is 26.8 Å². The number of rotatable bonds is 5. The van der Waals surface area contributed by atoms with Crippen LogP contribution >= 0.6 is 15.9 Å². The number of cyclic esters (lactones) is 1. The van der Waals surface area contributed by atoms with Gasteiger partial charge >= 0.3 is 5.97 Å². The minimum absolute atomic E-state index is 0.0666. The van der Waals surface area contributed by atoms with E-state index >= 15 is 0 Å². The van der Waals surface area contributed by atoms with E-state index in [0.717, 1.165) is 10.0 Å². The van der Waals surface area contributed by atoms with Gasteiger partial charge in [-0.05, 0) is 30.3 Å². The third-order valence-corrected chi connectivity index (χ3v) is 3.96.